The van der Waals surface area contributed by atoms with E-state index in [-0.39, 0.29) is 18.6 Å². The molecular formula is C19H20N2O2. The number of carbonyl (C=O) groups is 1. The van der Waals surface area contributed by atoms with Crippen LogP contribution >= 0.6 is 0 Å². The van der Waals surface area contributed by atoms with Crippen LogP contribution < -0.4 is 5.32 Å². The van der Waals surface area contributed by atoms with E-state index in [1.807, 2.05) is 60.7 Å². The third kappa shape index (κ3) is 5.57. The minimum absolute atomic E-state index is 0.0129. The summed E-state index contributed by atoms with van der Waals surface area (Å²) in [6.07, 6.45) is 0.822. The molecule has 2 aromatic carbocycles. The fourth-order valence-corrected chi connectivity index (χ4v) is 2.25. The zero-order valence-electron chi connectivity index (χ0n) is 12.9. The highest BCUT2D eigenvalue weighted by Crippen LogP contribution is 2.25. The molecule has 0 radical (unpaired) electrons. The number of carbonyl (C=O) groups excluding carboxylic acids is 1. The summed E-state index contributed by atoms with van der Waals surface area (Å²) in [5, 5.41) is 11.2. The molecule has 0 saturated carbocycles. The second kappa shape index (κ2) is 9.39. The van der Waals surface area contributed by atoms with Crippen LogP contribution in [0, 0.1) is 11.3 Å². The van der Waals surface area contributed by atoms with Crippen molar-refractivity contribution >= 4 is 5.91 Å². The Labute approximate surface area is 136 Å². The predicted molar refractivity (Wildman–Crippen MR) is 88.5 cm³/mol. The normalized spacial score (nSPS) is 10.3. The monoisotopic (exact) mass is 308 g/mol. The molecule has 0 bridgehead atoms. The Morgan fingerprint density at radius 3 is 2.13 bits per heavy atom. The standard InChI is InChI=1S/C19H20N2O2/c20-13-7-8-14-21-18(22)15-23-19(16-9-3-1-4-10-16)17-11-5-2-6-12-17/h1-6,9-12,19H,7-8,14-15H2,(H,21,22). The molecule has 0 saturated heterocycles. The summed E-state index contributed by atoms with van der Waals surface area (Å²) in [5.41, 5.74) is 2.02. The van der Waals surface area contributed by atoms with Gasteiger partial charge in [-0.05, 0) is 17.5 Å². The van der Waals surface area contributed by atoms with Crippen LogP contribution in [0.2, 0.25) is 0 Å². The molecule has 0 aliphatic carbocycles. The molecule has 0 spiro atoms. The van der Waals surface area contributed by atoms with Gasteiger partial charge in [-0.25, -0.2) is 0 Å². The molecule has 2 rings (SSSR count). The second-order valence-corrected chi connectivity index (χ2v) is 5.12. The lowest BCUT2D eigenvalue weighted by Gasteiger charge is -2.18. The van der Waals surface area contributed by atoms with E-state index in [0.717, 1.165) is 11.1 Å². The molecule has 4 nitrogen and oxygen atoms in total. The van der Waals surface area contributed by atoms with Crippen LogP contribution in [-0.2, 0) is 9.53 Å². The van der Waals surface area contributed by atoms with Crippen LogP contribution in [0.15, 0.2) is 60.7 Å². The minimum Gasteiger partial charge on any atom is -0.359 e. The van der Waals surface area contributed by atoms with Crippen LogP contribution in [0.5, 0.6) is 0 Å². The summed E-state index contributed by atoms with van der Waals surface area (Å²) in [6.45, 7) is 0.484. The highest BCUT2D eigenvalue weighted by atomic mass is 16.5. The Kier molecular flexibility index (Phi) is 6.83. The lowest BCUT2D eigenvalue weighted by molar-refractivity contribution is -0.127. The van der Waals surface area contributed by atoms with E-state index < -0.39 is 0 Å². The molecule has 0 aliphatic heterocycles. The van der Waals surface area contributed by atoms with Crippen molar-refractivity contribution < 1.29 is 9.53 Å². The lowest BCUT2D eigenvalue weighted by atomic mass is 10.0. The number of nitrogens with one attached hydrogen (secondary N) is 1. The van der Waals surface area contributed by atoms with Gasteiger partial charge in [0.05, 0.1) is 6.07 Å². The molecule has 23 heavy (non-hydrogen) atoms. The van der Waals surface area contributed by atoms with Gasteiger partial charge in [-0.15, -0.1) is 0 Å². The average Bonchev–Trinajstić information content (AvgIpc) is 2.61. The predicted octanol–water partition coefficient (Wildman–Crippen LogP) is 3.21. The molecule has 0 heterocycles. The average molecular weight is 308 g/mol. The number of amides is 1. The lowest BCUT2D eigenvalue weighted by Crippen LogP contribution is -2.29. The van der Waals surface area contributed by atoms with Crippen molar-refractivity contribution in [1.82, 2.24) is 5.32 Å². The van der Waals surface area contributed by atoms with Crippen LogP contribution in [0.3, 0.4) is 0 Å². The smallest absolute Gasteiger partial charge is 0.246 e. The zero-order chi connectivity index (χ0) is 16.3. The first-order chi connectivity index (χ1) is 11.3. The number of nitriles is 1. The first-order valence-corrected chi connectivity index (χ1v) is 7.66. The van der Waals surface area contributed by atoms with Crippen LogP contribution in [0.25, 0.3) is 0 Å². The van der Waals surface area contributed by atoms with Crippen molar-refractivity contribution in [3.05, 3.63) is 71.8 Å². The van der Waals surface area contributed by atoms with E-state index in [0.29, 0.717) is 19.4 Å². The highest BCUT2D eigenvalue weighted by molar-refractivity contribution is 5.77. The summed E-state index contributed by atoms with van der Waals surface area (Å²) in [7, 11) is 0. The van der Waals surface area contributed by atoms with E-state index >= 15 is 0 Å². The largest absolute Gasteiger partial charge is 0.359 e. The van der Waals surface area contributed by atoms with Gasteiger partial charge in [0, 0.05) is 13.0 Å². The first-order valence-electron chi connectivity index (χ1n) is 7.66. The Hall–Kier alpha value is -2.64. The summed E-state index contributed by atoms with van der Waals surface area (Å²) in [5.74, 6) is -0.167. The van der Waals surface area contributed by atoms with E-state index in [2.05, 4.69) is 11.4 Å². The molecule has 0 atom stereocenters. The van der Waals surface area contributed by atoms with Crippen molar-refractivity contribution in [2.75, 3.05) is 13.2 Å². The number of hydrogen-bond acceptors (Lipinski definition) is 3. The Bertz CT molecular complexity index is 596. The Morgan fingerprint density at radius 2 is 1.61 bits per heavy atom. The summed E-state index contributed by atoms with van der Waals surface area (Å²) < 4.78 is 5.86. The van der Waals surface area contributed by atoms with Crippen molar-refractivity contribution in [2.45, 2.75) is 18.9 Å². The quantitative estimate of drug-likeness (QED) is 0.762. The molecule has 0 unspecified atom stereocenters. The van der Waals surface area contributed by atoms with Gasteiger partial charge in [0.25, 0.3) is 0 Å². The third-order valence-corrected chi connectivity index (χ3v) is 3.37. The number of rotatable bonds is 8. The molecule has 0 aromatic heterocycles. The molecule has 1 N–H and O–H groups in total. The van der Waals surface area contributed by atoms with Crippen molar-refractivity contribution in [3.8, 4) is 6.07 Å². The Balaban J connectivity index is 1.97. The Morgan fingerprint density at radius 1 is 1.04 bits per heavy atom. The van der Waals surface area contributed by atoms with Gasteiger partial charge in [-0.2, -0.15) is 5.26 Å². The van der Waals surface area contributed by atoms with Gasteiger partial charge in [0.1, 0.15) is 12.7 Å². The summed E-state index contributed by atoms with van der Waals surface area (Å²) in [6, 6.07) is 21.7. The maximum atomic E-state index is 11.9. The molecule has 0 aliphatic rings. The van der Waals surface area contributed by atoms with E-state index in [1.54, 1.807) is 0 Å². The third-order valence-electron chi connectivity index (χ3n) is 3.37. The molecule has 4 heteroatoms. The number of ether oxygens (including phenoxy) is 1. The van der Waals surface area contributed by atoms with Gasteiger partial charge < -0.3 is 10.1 Å². The zero-order valence-corrected chi connectivity index (χ0v) is 12.9. The molecule has 1 amide bonds. The molecule has 118 valence electrons. The van der Waals surface area contributed by atoms with Gasteiger partial charge >= 0.3 is 0 Å². The van der Waals surface area contributed by atoms with Gasteiger partial charge in [-0.1, -0.05) is 60.7 Å². The maximum Gasteiger partial charge on any atom is 0.246 e. The summed E-state index contributed by atoms with van der Waals surface area (Å²) in [4.78, 5) is 11.9. The summed E-state index contributed by atoms with van der Waals surface area (Å²) >= 11 is 0. The van der Waals surface area contributed by atoms with Gasteiger partial charge in [0.2, 0.25) is 5.91 Å². The topological polar surface area (TPSA) is 62.1 Å². The first kappa shape index (κ1) is 16.7. The van der Waals surface area contributed by atoms with Gasteiger partial charge in [0.15, 0.2) is 0 Å². The van der Waals surface area contributed by atoms with Gasteiger partial charge in [-0.3, -0.25) is 4.79 Å². The number of unbranched alkanes of at least 4 members (excludes halogenated alkanes) is 1. The van der Waals surface area contributed by atoms with Crippen LogP contribution in [0.1, 0.15) is 30.1 Å². The molecule has 0 fully saturated rings. The number of hydrogen-bond donors (Lipinski definition) is 1. The maximum absolute atomic E-state index is 11.9. The number of benzene rings is 2. The fourth-order valence-electron chi connectivity index (χ4n) is 2.25. The van der Waals surface area contributed by atoms with E-state index in [9.17, 15) is 4.79 Å². The second-order valence-electron chi connectivity index (χ2n) is 5.12. The van der Waals surface area contributed by atoms with Crippen LogP contribution in [0.4, 0.5) is 0 Å². The van der Waals surface area contributed by atoms with Crippen molar-refractivity contribution in [3.63, 3.8) is 0 Å². The molecule has 2 aromatic rings. The molecular weight excluding hydrogens is 288 g/mol. The SMILES string of the molecule is N#CCCCNC(=O)COC(c1ccccc1)c1ccccc1. The van der Waals surface area contributed by atoms with E-state index in [4.69, 9.17) is 10.00 Å². The van der Waals surface area contributed by atoms with Crippen LogP contribution in [-0.4, -0.2) is 19.1 Å². The van der Waals surface area contributed by atoms with Crippen molar-refractivity contribution in [2.24, 2.45) is 0 Å². The van der Waals surface area contributed by atoms with Crippen molar-refractivity contribution in [1.29, 1.82) is 5.26 Å². The highest BCUT2D eigenvalue weighted by Gasteiger charge is 2.15. The van der Waals surface area contributed by atoms with E-state index in [1.165, 1.54) is 0 Å². The fraction of sp³-hybridized carbons (Fsp3) is 0.263. The minimum atomic E-state index is -0.276. The number of nitrogens with zero attached hydrogens (tertiary/aromatic N) is 1.